The average molecular weight is 212 g/mol. The molecule has 0 spiro atoms. The zero-order chi connectivity index (χ0) is 11.1. The van der Waals surface area contributed by atoms with Crippen molar-refractivity contribution in [2.75, 3.05) is 0 Å². The van der Waals surface area contributed by atoms with Gasteiger partial charge in [0.2, 0.25) is 0 Å². The van der Waals surface area contributed by atoms with E-state index in [2.05, 4.69) is 34.4 Å². The SMILES string of the molecule is Cc1cnc2c(c1)c(-c1cn[nH]c1)cn2C. The van der Waals surface area contributed by atoms with Crippen LogP contribution in [0.1, 0.15) is 5.56 Å². The number of nitrogens with one attached hydrogen (secondary N) is 1. The van der Waals surface area contributed by atoms with Gasteiger partial charge in [0.15, 0.2) is 0 Å². The molecule has 1 N–H and O–H groups in total. The number of rotatable bonds is 1. The third-order valence-corrected chi connectivity index (χ3v) is 2.76. The van der Waals surface area contributed by atoms with E-state index >= 15 is 0 Å². The molecule has 0 bridgehead atoms. The smallest absolute Gasteiger partial charge is 0.140 e. The van der Waals surface area contributed by atoms with Gasteiger partial charge in [-0.3, -0.25) is 5.10 Å². The maximum atomic E-state index is 4.44. The highest BCUT2D eigenvalue weighted by Gasteiger charge is 2.10. The summed E-state index contributed by atoms with van der Waals surface area (Å²) in [5.41, 5.74) is 4.44. The highest BCUT2D eigenvalue weighted by Crippen LogP contribution is 2.28. The molecule has 0 saturated heterocycles. The van der Waals surface area contributed by atoms with Crippen LogP contribution in [0.2, 0.25) is 0 Å². The lowest BCUT2D eigenvalue weighted by Gasteiger charge is -1.96. The maximum Gasteiger partial charge on any atom is 0.140 e. The van der Waals surface area contributed by atoms with Crippen molar-refractivity contribution in [3.8, 4) is 11.1 Å². The largest absolute Gasteiger partial charge is 0.335 e. The van der Waals surface area contributed by atoms with Crippen molar-refractivity contribution in [2.45, 2.75) is 6.92 Å². The van der Waals surface area contributed by atoms with Crippen LogP contribution in [0, 0.1) is 6.92 Å². The van der Waals surface area contributed by atoms with Crippen LogP contribution in [-0.2, 0) is 7.05 Å². The van der Waals surface area contributed by atoms with Gasteiger partial charge in [-0.05, 0) is 18.6 Å². The van der Waals surface area contributed by atoms with Crippen molar-refractivity contribution in [3.05, 3.63) is 36.4 Å². The normalized spacial score (nSPS) is 11.1. The van der Waals surface area contributed by atoms with Crippen molar-refractivity contribution in [1.29, 1.82) is 0 Å². The van der Waals surface area contributed by atoms with E-state index in [9.17, 15) is 0 Å². The molecule has 0 aromatic carbocycles. The third-order valence-electron chi connectivity index (χ3n) is 2.76. The van der Waals surface area contributed by atoms with E-state index in [-0.39, 0.29) is 0 Å². The molecule has 0 atom stereocenters. The van der Waals surface area contributed by atoms with Crippen LogP contribution in [0.4, 0.5) is 0 Å². The number of hydrogen-bond donors (Lipinski definition) is 1. The molecule has 0 radical (unpaired) electrons. The first-order valence-corrected chi connectivity index (χ1v) is 5.16. The summed E-state index contributed by atoms with van der Waals surface area (Å²) in [6.07, 6.45) is 7.71. The minimum atomic E-state index is 1.00. The first-order valence-electron chi connectivity index (χ1n) is 5.16. The number of aromatic nitrogens is 4. The number of aryl methyl sites for hydroxylation is 2. The van der Waals surface area contributed by atoms with E-state index in [1.165, 1.54) is 16.5 Å². The molecule has 3 rings (SSSR count). The fraction of sp³-hybridized carbons (Fsp3) is 0.167. The molecule has 0 aliphatic carbocycles. The van der Waals surface area contributed by atoms with Gasteiger partial charge in [0.1, 0.15) is 5.65 Å². The minimum Gasteiger partial charge on any atom is -0.335 e. The summed E-state index contributed by atoms with van der Waals surface area (Å²) in [7, 11) is 2.01. The molecule has 3 aromatic rings. The van der Waals surface area contributed by atoms with Crippen molar-refractivity contribution in [3.63, 3.8) is 0 Å². The molecule has 0 saturated carbocycles. The van der Waals surface area contributed by atoms with E-state index in [0.29, 0.717) is 0 Å². The number of aromatic amines is 1. The summed E-state index contributed by atoms with van der Waals surface area (Å²) in [6, 6.07) is 2.16. The Morgan fingerprint density at radius 2 is 2.19 bits per heavy atom. The van der Waals surface area contributed by atoms with E-state index in [0.717, 1.165) is 11.2 Å². The molecule has 0 aliphatic rings. The van der Waals surface area contributed by atoms with Gasteiger partial charge in [0, 0.05) is 42.2 Å². The summed E-state index contributed by atoms with van der Waals surface area (Å²) in [5, 5.41) is 7.99. The second-order valence-corrected chi connectivity index (χ2v) is 4.02. The Morgan fingerprint density at radius 1 is 1.31 bits per heavy atom. The van der Waals surface area contributed by atoms with Crippen molar-refractivity contribution in [1.82, 2.24) is 19.7 Å². The Hall–Kier alpha value is -2.10. The fourth-order valence-corrected chi connectivity index (χ4v) is 1.99. The molecule has 0 fully saturated rings. The van der Waals surface area contributed by atoms with Crippen molar-refractivity contribution in [2.24, 2.45) is 7.05 Å². The van der Waals surface area contributed by atoms with Gasteiger partial charge in [-0.1, -0.05) is 0 Å². The number of pyridine rings is 1. The number of nitrogens with zero attached hydrogens (tertiary/aromatic N) is 3. The molecule has 3 aromatic heterocycles. The average Bonchev–Trinajstić information content (AvgIpc) is 2.86. The lowest BCUT2D eigenvalue weighted by molar-refractivity contribution is 0.948. The van der Waals surface area contributed by atoms with Crippen LogP contribution in [0.5, 0.6) is 0 Å². The lowest BCUT2D eigenvalue weighted by atomic mass is 10.1. The molecular formula is C12H12N4. The second-order valence-electron chi connectivity index (χ2n) is 4.02. The summed E-state index contributed by atoms with van der Waals surface area (Å²) in [6.45, 7) is 2.05. The van der Waals surface area contributed by atoms with Crippen molar-refractivity contribution >= 4 is 11.0 Å². The first kappa shape index (κ1) is 9.15. The van der Waals surface area contributed by atoms with Crippen molar-refractivity contribution < 1.29 is 0 Å². The van der Waals surface area contributed by atoms with Crippen LogP contribution in [0.25, 0.3) is 22.2 Å². The van der Waals surface area contributed by atoms with E-state index in [4.69, 9.17) is 0 Å². The lowest BCUT2D eigenvalue weighted by Crippen LogP contribution is -1.87. The van der Waals surface area contributed by atoms with E-state index < -0.39 is 0 Å². The Balaban J connectivity index is 2.37. The summed E-state index contributed by atoms with van der Waals surface area (Å²) < 4.78 is 2.04. The molecular weight excluding hydrogens is 200 g/mol. The minimum absolute atomic E-state index is 1.00. The zero-order valence-electron chi connectivity index (χ0n) is 9.23. The molecule has 0 unspecified atom stereocenters. The van der Waals surface area contributed by atoms with Crippen LogP contribution in [-0.4, -0.2) is 19.7 Å². The third kappa shape index (κ3) is 1.23. The molecule has 3 heterocycles. The number of H-pyrrole nitrogens is 1. The Kier molecular flexibility index (Phi) is 1.83. The maximum absolute atomic E-state index is 4.44. The van der Waals surface area contributed by atoms with Gasteiger partial charge < -0.3 is 4.57 Å². The standard InChI is InChI=1S/C12H12N4/c1-8-3-10-11(9-5-14-15-6-9)7-16(2)12(10)13-4-8/h3-7H,1-2H3,(H,14,15). The topological polar surface area (TPSA) is 46.5 Å². The summed E-state index contributed by atoms with van der Waals surface area (Å²) in [4.78, 5) is 4.44. The monoisotopic (exact) mass is 212 g/mol. The van der Waals surface area contributed by atoms with Gasteiger partial charge >= 0.3 is 0 Å². The van der Waals surface area contributed by atoms with Gasteiger partial charge in [-0.2, -0.15) is 5.10 Å². The van der Waals surface area contributed by atoms with Gasteiger partial charge in [0.25, 0.3) is 0 Å². The number of fused-ring (bicyclic) bond motifs is 1. The van der Waals surface area contributed by atoms with Crippen LogP contribution in [0.3, 0.4) is 0 Å². The Bertz CT molecular complexity index is 634. The van der Waals surface area contributed by atoms with Gasteiger partial charge in [-0.15, -0.1) is 0 Å². The Morgan fingerprint density at radius 3 is 2.94 bits per heavy atom. The second kappa shape index (κ2) is 3.20. The highest BCUT2D eigenvalue weighted by molar-refractivity contribution is 5.94. The zero-order valence-corrected chi connectivity index (χ0v) is 9.23. The molecule has 4 nitrogen and oxygen atoms in total. The van der Waals surface area contributed by atoms with Crippen LogP contribution >= 0.6 is 0 Å². The Labute approximate surface area is 92.9 Å². The van der Waals surface area contributed by atoms with E-state index in [1.807, 2.05) is 30.2 Å². The first-order chi connectivity index (χ1) is 7.75. The molecule has 16 heavy (non-hydrogen) atoms. The van der Waals surface area contributed by atoms with E-state index in [1.54, 1.807) is 0 Å². The van der Waals surface area contributed by atoms with Gasteiger partial charge in [0.05, 0.1) is 6.20 Å². The summed E-state index contributed by atoms with van der Waals surface area (Å²) in [5.74, 6) is 0. The molecule has 4 heteroatoms. The fourth-order valence-electron chi connectivity index (χ4n) is 1.99. The molecule has 0 amide bonds. The highest BCUT2D eigenvalue weighted by atomic mass is 15.1. The quantitative estimate of drug-likeness (QED) is 0.672. The predicted octanol–water partition coefficient (Wildman–Crippen LogP) is 2.27. The van der Waals surface area contributed by atoms with Gasteiger partial charge in [-0.25, -0.2) is 4.98 Å². The summed E-state index contributed by atoms with van der Waals surface area (Å²) >= 11 is 0. The molecule has 0 aliphatic heterocycles. The molecule has 80 valence electrons. The predicted molar refractivity (Wildman–Crippen MR) is 63.0 cm³/mol. The number of hydrogen-bond acceptors (Lipinski definition) is 2. The van der Waals surface area contributed by atoms with Crippen LogP contribution < -0.4 is 0 Å². The van der Waals surface area contributed by atoms with Crippen LogP contribution in [0.15, 0.2) is 30.9 Å².